The van der Waals surface area contributed by atoms with E-state index < -0.39 is 6.10 Å². The van der Waals surface area contributed by atoms with E-state index >= 15 is 0 Å². The molecule has 0 aromatic heterocycles. The molecule has 3 atom stereocenters. The summed E-state index contributed by atoms with van der Waals surface area (Å²) >= 11 is 0. The van der Waals surface area contributed by atoms with Crippen LogP contribution in [-0.4, -0.2) is 34.1 Å². The van der Waals surface area contributed by atoms with Gasteiger partial charge < -0.3 is 10.0 Å². The summed E-state index contributed by atoms with van der Waals surface area (Å²) in [7, 11) is 0. The lowest BCUT2D eigenvalue weighted by molar-refractivity contribution is -0.141. The zero-order valence-electron chi connectivity index (χ0n) is 7.95. The first kappa shape index (κ1) is 9.52. The quantitative estimate of drug-likeness (QED) is 0.633. The number of hydrogen-bond donors (Lipinski definition) is 1. The molecule has 0 saturated carbocycles. The molecule has 0 radical (unpaired) electrons. The highest BCUT2D eigenvalue weighted by Gasteiger charge is 2.32. The molecule has 1 N–H and O–H groups in total. The fraction of sp³-hybridized carbons (Fsp3) is 0.889. The van der Waals surface area contributed by atoms with E-state index in [-0.39, 0.29) is 5.91 Å². The average molecular weight is 171 g/mol. The van der Waals surface area contributed by atoms with Crippen molar-refractivity contribution in [1.82, 2.24) is 4.90 Å². The van der Waals surface area contributed by atoms with Crippen molar-refractivity contribution in [1.29, 1.82) is 0 Å². The van der Waals surface area contributed by atoms with E-state index in [1.165, 1.54) is 6.92 Å². The third-order valence-corrected chi connectivity index (χ3v) is 2.56. The van der Waals surface area contributed by atoms with Gasteiger partial charge in [-0.2, -0.15) is 0 Å². The molecule has 70 valence electrons. The van der Waals surface area contributed by atoms with Crippen molar-refractivity contribution in [3.05, 3.63) is 0 Å². The topological polar surface area (TPSA) is 40.5 Å². The van der Waals surface area contributed by atoms with Gasteiger partial charge in [-0.3, -0.25) is 4.79 Å². The third-order valence-electron chi connectivity index (χ3n) is 2.56. The van der Waals surface area contributed by atoms with Crippen LogP contribution >= 0.6 is 0 Å². The van der Waals surface area contributed by atoms with Crippen LogP contribution in [0.15, 0.2) is 0 Å². The lowest BCUT2D eigenvalue weighted by atomic mass is 10.2. The molecule has 1 fully saturated rings. The lowest BCUT2D eigenvalue weighted by Crippen LogP contribution is -2.43. The molecule has 0 spiro atoms. The van der Waals surface area contributed by atoms with Gasteiger partial charge in [-0.1, -0.05) is 0 Å². The maximum absolute atomic E-state index is 11.4. The second-order valence-electron chi connectivity index (χ2n) is 3.70. The number of likely N-dealkylation sites (tertiary alicyclic amines) is 1. The SMILES string of the molecule is CC1CCC(C)N1C(=O)[C@H](C)O. The molecule has 1 rings (SSSR count). The zero-order valence-corrected chi connectivity index (χ0v) is 7.95. The maximum atomic E-state index is 11.4. The molecule has 1 saturated heterocycles. The molecule has 1 heterocycles. The van der Waals surface area contributed by atoms with E-state index in [0.29, 0.717) is 12.1 Å². The van der Waals surface area contributed by atoms with E-state index in [9.17, 15) is 4.79 Å². The normalized spacial score (nSPS) is 32.2. The molecule has 0 aliphatic carbocycles. The first-order valence-electron chi connectivity index (χ1n) is 4.54. The summed E-state index contributed by atoms with van der Waals surface area (Å²) in [5.74, 6) is -0.132. The highest BCUT2D eigenvalue weighted by molar-refractivity contribution is 5.81. The van der Waals surface area contributed by atoms with Crippen LogP contribution < -0.4 is 0 Å². The number of carbonyl (C=O) groups is 1. The lowest BCUT2D eigenvalue weighted by Gasteiger charge is -2.27. The summed E-state index contributed by atoms with van der Waals surface area (Å²) < 4.78 is 0. The average Bonchev–Trinajstić information content (AvgIpc) is 2.30. The van der Waals surface area contributed by atoms with Crippen LogP contribution in [-0.2, 0) is 4.79 Å². The molecule has 12 heavy (non-hydrogen) atoms. The van der Waals surface area contributed by atoms with Crippen molar-refractivity contribution in [2.24, 2.45) is 0 Å². The summed E-state index contributed by atoms with van der Waals surface area (Å²) in [6, 6.07) is 0.587. The molecule has 3 heteroatoms. The van der Waals surface area contributed by atoms with Crippen molar-refractivity contribution in [3.63, 3.8) is 0 Å². The highest BCUT2D eigenvalue weighted by atomic mass is 16.3. The molecule has 3 nitrogen and oxygen atoms in total. The minimum absolute atomic E-state index is 0.132. The van der Waals surface area contributed by atoms with Crippen molar-refractivity contribution < 1.29 is 9.90 Å². The smallest absolute Gasteiger partial charge is 0.251 e. The van der Waals surface area contributed by atoms with Gasteiger partial charge >= 0.3 is 0 Å². The van der Waals surface area contributed by atoms with Gasteiger partial charge in [-0.15, -0.1) is 0 Å². The Balaban J connectivity index is 2.66. The van der Waals surface area contributed by atoms with Gasteiger partial charge in [0.05, 0.1) is 0 Å². The van der Waals surface area contributed by atoms with Crippen LogP contribution in [0, 0.1) is 0 Å². The molecule has 1 aliphatic heterocycles. The number of carbonyl (C=O) groups excluding carboxylic acids is 1. The fourth-order valence-electron chi connectivity index (χ4n) is 1.85. The van der Waals surface area contributed by atoms with Crippen LogP contribution in [0.5, 0.6) is 0 Å². The predicted octanol–water partition coefficient (Wildman–Crippen LogP) is 0.767. The van der Waals surface area contributed by atoms with Crippen molar-refractivity contribution in [2.75, 3.05) is 0 Å². The summed E-state index contributed by atoms with van der Waals surface area (Å²) in [4.78, 5) is 13.2. The highest BCUT2D eigenvalue weighted by Crippen LogP contribution is 2.23. The largest absolute Gasteiger partial charge is 0.384 e. The van der Waals surface area contributed by atoms with Gasteiger partial charge in [0.1, 0.15) is 6.10 Å². The summed E-state index contributed by atoms with van der Waals surface area (Å²) in [5, 5.41) is 9.13. The van der Waals surface area contributed by atoms with E-state index in [4.69, 9.17) is 5.11 Å². The van der Waals surface area contributed by atoms with Crippen molar-refractivity contribution in [2.45, 2.75) is 51.8 Å². The Labute approximate surface area is 73.4 Å². The molecule has 1 amide bonds. The van der Waals surface area contributed by atoms with E-state index in [2.05, 4.69) is 0 Å². The Hall–Kier alpha value is -0.570. The Morgan fingerprint density at radius 3 is 2.17 bits per heavy atom. The second kappa shape index (κ2) is 3.44. The molecular weight excluding hydrogens is 154 g/mol. The predicted molar refractivity (Wildman–Crippen MR) is 46.7 cm³/mol. The van der Waals surface area contributed by atoms with Gasteiger partial charge in [-0.05, 0) is 33.6 Å². The number of hydrogen-bond acceptors (Lipinski definition) is 2. The van der Waals surface area contributed by atoms with Gasteiger partial charge in [-0.25, -0.2) is 0 Å². The number of amides is 1. The third kappa shape index (κ3) is 1.61. The Morgan fingerprint density at radius 2 is 1.83 bits per heavy atom. The van der Waals surface area contributed by atoms with Gasteiger partial charge in [0, 0.05) is 12.1 Å². The molecule has 2 unspecified atom stereocenters. The molecule has 0 bridgehead atoms. The number of aliphatic hydroxyl groups excluding tert-OH is 1. The van der Waals surface area contributed by atoms with Crippen LogP contribution in [0.3, 0.4) is 0 Å². The van der Waals surface area contributed by atoms with E-state index in [0.717, 1.165) is 12.8 Å². The Kier molecular flexibility index (Phi) is 2.73. The van der Waals surface area contributed by atoms with E-state index in [1.54, 1.807) is 4.90 Å². The summed E-state index contributed by atoms with van der Waals surface area (Å²) in [6.45, 7) is 5.59. The van der Waals surface area contributed by atoms with Crippen LogP contribution in [0.4, 0.5) is 0 Å². The minimum atomic E-state index is -0.854. The first-order chi connectivity index (χ1) is 5.54. The number of aliphatic hydroxyl groups is 1. The zero-order chi connectivity index (χ0) is 9.30. The van der Waals surface area contributed by atoms with Crippen LogP contribution in [0.1, 0.15) is 33.6 Å². The Morgan fingerprint density at radius 1 is 1.42 bits per heavy atom. The van der Waals surface area contributed by atoms with Gasteiger partial charge in [0.2, 0.25) is 0 Å². The van der Waals surface area contributed by atoms with Crippen molar-refractivity contribution >= 4 is 5.91 Å². The molecule has 0 aromatic rings. The molecule has 0 aromatic carbocycles. The van der Waals surface area contributed by atoms with Crippen molar-refractivity contribution in [3.8, 4) is 0 Å². The van der Waals surface area contributed by atoms with Gasteiger partial charge in [0.25, 0.3) is 5.91 Å². The number of rotatable bonds is 1. The second-order valence-corrected chi connectivity index (χ2v) is 3.70. The molecule has 1 aliphatic rings. The van der Waals surface area contributed by atoms with Gasteiger partial charge in [0.15, 0.2) is 0 Å². The number of nitrogens with zero attached hydrogens (tertiary/aromatic N) is 1. The Bertz CT molecular complexity index is 169. The summed E-state index contributed by atoms with van der Waals surface area (Å²) in [5.41, 5.74) is 0. The van der Waals surface area contributed by atoms with E-state index in [1.807, 2.05) is 13.8 Å². The van der Waals surface area contributed by atoms with Crippen LogP contribution in [0.25, 0.3) is 0 Å². The monoisotopic (exact) mass is 171 g/mol. The van der Waals surface area contributed by atoms with Crippen LogP contribution in [0.2, 0.25) is 0 Å². The maximum Gasteiger partial charge on any atom is 0.251 e. The molecular formula is C9H17NO2. The standard InChI is InChI=1S/C9H17NO2/c1-6-4-5-7(2)10(6)9(12)8(3)11/h6-8,11H,4-5H2,1-3H3/t6?,7?,8-/m0/s1. The minimum Gasteiger partial charge on any atom is -0.384 e. The first-order valence-corrected chi connectivity index (χ1v) is 4.54. The summed E-state index contributed by atoms with van der Waals surface area (Å²) in [6.07, 6.45) is 1.26. The fourth-order valence-corrected chi connectivity index (χ4v) is 1.85.